The lowest BCUT2D eigenvalue weighted by molar-refractivity contribution is 0.343. The van der Waals surface area contributed by atoms with Gasteiger partial charge in [-0.1, -0.05) is 42.5 Å². The zero-order valence-corrected chi connectivity index (χ0v) is 13.8. The molecule has 0 spiro atoms. The van der Waals surface area contributed by atoms with Crippen molar-refractivity contribution in [2.75, 3.05) is 13.7 Å². The van der Waals surface area contributed by atoms with Crippen LogP contribution in [0.1, 0.15) is 6.92 Å². The van der Waals surface area contributed by atoms with E-state index >= 15 is 0 Å². The fourth-order valence-electron chi connectivity index (χ4n) is 2.58. The van der Waals surface area contributed by atoms with Crippen molar-refractivity contribution in [3.8, 4) is 22.6 Å². The van der Waals surface area contributed by atoms with E-state index in [1.165, 1.54) is 0 Å². The topological polar surface area (TPSA) is 18.5 Å². The predicted molar refractivity (Wildman–Crippen MR) is 96.2 cm³/mol. The quantitative estimate of drug-likeness (QED) is 0.568. The Morgan fingerprint density at radius 3 is 2.42 bits per heavy atom. The van der Waals surface area contributed by atoms with Crippen LogP contribution < -0.4 is 9.47 Å². The molecule has 0 heterocycles. The molecule has 0 aromatic heterocycles. The summed E-state index contributed by atoms with van der Waals surface area (Å²) in [4.78, 5) is 0. The molecule has 3 heteroatoms. The maximum Gasteiger partial charge on any atom is 0.172 e. The summed E-state index contributed by atoms with van der Waals surface area (Å²) >= 11 is 0. The molecule has 0 radical (unpaired) electrons. The number of benzene rings is 3. The summed E-state index contributed by atoms with van der Waals surface area (Å²) in [5.41, 5.74) is 2.10. The Labute approximate surface area is 141 Å². The van der Waals surface area contributed by atoms with Gasteiger partial charge in [-0.25, -0.2) is 4.39 Å². The highest BCUT2D eigenvalue weighted by Gasteiger charge is 2.09. The van der Waals surface area contributed by atoms with Crippen molar-refractivity contribution < 1.29 is 13.9 Å². The first-order valence-electron chi connectivity index (χ1n) is 7.83. The van der Waals surface area contributed by atoms with Crippen LogP contribution in [0.3, 0.4) is 0 Å². The van der Waals surface area contributed by atoms with Crippen LogP contribution in [0.4, 0.5) is 4.39 Å². The molecule has 0 fully saturated rings. The first-order chi connectivity index (χ1) is 11.7. The molecular weight excluding hydrogens is 303 g/mol. The lowest BCUT2D eigenvalue weighted by atomic mass is 10.0. The maximum absolute atomic E-state index is 14.6. The molecule has 0 bridgehead atoms. The number of halogens is 1. The van der Waals surface area contributed by atoms with Gasteiger partial charge in [0.05, 0.1) is 7.11 Å². The van der Waals surface area contributed by atoms with E-state index in [-0.39, 0.29) is 11.6 Å². The van der Waals surface area contributed by atoms with Crippen molar-refractivity contribution in [1.29, 1.82) is 0 Å². The second-order valence-corrected chi connectivity index (χ2v) is 5.42. The molecule has 0 aliphatic carbocycles. The number of rotatable bonds is 5. The monoisotopic (exact) mass is 322 g/mol. The summed E-state index contributed by atoms with van der Waals surface area (Å²) in [6.45, 7) is 2.27. The van der Waals surface area contributed by atoms with Crippen molar-refractivity contribution in [3.63, 3.8) is 0 Å². The van der Waals surface area contributed by atoms with Gasteiger partial charge in [0.1, 0.15) is 12.4 Å². The van der Waals surface area contributed by atoms with E-state index in [4.69, 9.17) is 9.47 Å². The van der Waals surface area contributed by atoms with Gasteiger partial charge in [0.15, 0.2) is 11.6 Å². The second kappa shape index (κ2) is 7.18. The largest absolute Gasteiger partial charge is 0.497 e. The minimum absolute atomic E-state index is 0.276. The van der Waals surface area contributed by atoms with E-state index in [0.29, 0.717) is 12.0 Å². The molecule has 0 atom stereocenters. The first-order valence-corrected chi connectivity index (χ1v) is 7.83. The highest BCUT2D eigenvalue weighted by Crippen LogP contribution is 2.31. The molecule has 0 saturated carbocycles. The van der Waals surface area contributed by atoms with Crippen molar-refractivity contribution in [1.82, 2.24) is 0 Å². The van der Waals surface area contributed by atoms with Crippen LogP contribution in [0.2, 0.25) is 0 Å². The molecular formula is C21H19FO2. The average Bonchev–Trinajstić information content (AvgIpc) is 2.63. The van der Waals surface area contributed by atoms with Crippen LogP contribution >= 0.6 is 0 Å². The molecule has 3 aromatic carbocycles. The summed E-state index contributed by atoms with van der Waals surface area (Å²) in [5.74, 6) is 0.768. The highest BCUT2D eigenvalue weighted by atomic mass is 19.1. The van der Waals surface area contributed by atoms with Gasteiger partial charge in [-0.05, 0) is 47.7 Å². The standard InChI is InChI=1S/C21H19FO2/c1-3-4-13-24-20-12-8-17-14-16(7-11-19(17)21(20)22)15-5-9-18(23-2)10-6-15/h3-12,14H,13H2,1-2H3. The summed E-state index contributed by atoms with van der Waals surface area (Å²) in [6.07, 6.45) is 3.72. The normalized spacial score (nSPS) is 11.1. The SMILES string of the molecule is CC=CCOc1ccc2cc(-c3ccc(OC)cc3)ccc2c1F. The molecule has 0 saturated heterocycles. The van der Waals surface area contributed by atoms with E-state index in [1.54, 1.807) is 19.2 Å². The van der Waals surface area contributed by atoms with Crippen LogP contribution in [-0.4, -0.2) is 13.7 Å². The van der Waals surface area contributed by atoms with Crippen LogP contribution in [-0.2, 0) is 0 Å². The summed E-state index contributed by atoms with van der Waals surface area (Å²) in [7, 11) is 1.64. The maximum atomic E-state index is 14.6. The lowest BCUT2D eigenvalue weighted by Gasteiger charge is -2.09. The molecule has 3 aromatic rings. The number of hydrogen-bond acceptors (Lipinski definition) is 2. The molecule has 2 nitrogen and oxygen atoms in total. The van der Waals surface area contributed by atoms with E-state index in [2.05, 4.69) is 0 Å². The third kappa shape index (κ3) is 3.25. The number of ether oxygens (including phenoxy) is 2. The molecule has 0 unspecified atom stereocenters. The van der Waals surface area contributed by atoms with Gasteiger partial charge in [-0.2, -0.15) is 0 Å². The second-order valence-electron chi connectivity index (χ2n) is 5.42. The van der Waals surface area contributed by atoms with E-state index < -0.39 is 0 Å². The van der Waals surface area contributed by atoms with Gasteiger partial charge in [-0.3, -0.25) is 0 Å². The van der Waals surface area contributed by atoms with Gasteiger partial charge in [0.2, 0.25) is 0 Å². The van der Waals surface area contributed by atoms with Gasteiger partial charge >= 0.3 is 0 Å². The molecule has 3 rings (SSSR count). The number of fused-ring (bicyclic) bond motifs is 1. The van der Waals surface area contributed by atoms with Crippen molar-refractivity contribution >= 4 is 10.8 Å². The van der Waals surface area contributed by atoms with E-state index in [0.717, 1.165) is 22.3 Å². The van der Waals surface area contributed by atoms with Crippen LogP contribution in [0, 0.1) is 5.82 Å². The Bertz CT molecular complexity index is 867. The minimum Gasteiger partial charge on any atom is -0.497 e. The minimum atomic E-state index is -0.321. The van der Waals surface area contributed by atoms with Crippen LogP contribution in [0.15, 0.2) is 66.7 Å². The van der Waals surface area contributed by atoms with Gasteiger partial charge in [0, 0.05) is 5.39 Å². The van der Waals surface area contributed by atoms with Crippen molar-refractivity contribution in [3.05, 3.63) is 72.6 Å². The number of allylic oxidation sites excluding steroid dienone is 1. The van der Waals surface area contributed by atoms with Crippen LogP contribution in [0.5, 0.6) is 11.5 Å². The molecule has 0 N–H and O–H groups in total. The Balaban J connectivity index is 1.95. The lowest BCUT2D eigenvalue weighted by Crippen LogP contribution is -1.96. The van der Waals surface area contributed by atoms with Gasteiger partial charge in [0.25, 0.3) is 0 Å². The molecule has 24 heavy (non-hydrogen) atoms. The van der Waals surface area contributed by atoms with Gasteiger partial charge < -0.3 is 9.47 Å². The highest BCUT2D eigenvalue weighted by molar-refractivity contribution is 5.89. The Morgan fingerprint density at radius 1 is 0.958 bits per heavy atom. The van der Waals surface area contributed by atoms with Crippen molar-refractivity contribution in [2.24, 2.45) is 0 Å². The zero-order valence-electron chi connectivity index (χ0n) is 13.8. The molecule has 0 aliphatic heterocycles. The van der Waals surface area contributed by atoms with Crippen LogP contribution in [0.25, 0.3) is 21.9 Å². The Kier molecular flexibility index (Phi) is 4.80. The average molecular weight is 322 g/mol. The summed E-state index contributed by atoms with van der Waals surface area (Å²) in [6, 6.07) is 17.1. The smallest absolute Gasteiger partial charge is 0.172 e. The Hall–Kier alpha value is -2.81. The first kappa shape index (κ1) is 16.1. The summed E-state index contributed by atoms with van der Waals surface area (Å²) in [5, 5.41) is 1.41. The molecule has 122 valence electrons. The summed E-state index contributed by atoms with van der Waals surface area (Å²) < 4.78 is 25.2. The molecule has 0 aliphatic rings. The van der Waals surface area contributed by atoms with E-state index in [1.807, 2.05) is 61.5 Å². The predicted octanol–water partition coefficient (Wildman–Crippen LogP) is 5.61. The third-order valence-corrected chi connectivity index (χ3v) is 3.91. The van der Waals surface area contributed by atoms with Crippen molar-refractivity contribution in [2.45, 2.75) is 6.92 Å². The van der Waals surface area contributed by atoms with Gasteiger partial charge in [-0.15, -0.1) is 0 Å². The fourth-order valence-corrected chi connectivity index (χ4v) is 2.58. The molecule has 0 amide bonds. The number of hydrogen-bond donors (Lipinski definition) is 0. The Morgan fingerprint density at radius 2 is 1.71 bits per heavy atom. The fraction of sp³-hybridized carbons (Fsp3) is 0.143. The van der Waals surface area contributed by atoms with E-state index in [9.17, 15) is 4.39 Å². The zero-order chi connectivity index (χ0) is 16.9. The number of methoxy groups -OCH3 is 1. The third-order valence-electron chi connectivity index (χ3n) is 3.91.